The molecule has 0 spiro atoms. The van der Waals surface area contributed by atoms with Crippen LogP contribution in [0.2, 0.25) is 0 Å². The minimum atomic E-state index is 0.139. The molecule has 3 heteroatoms. The van der Waals surface area contributed by atoms with Crippen LogP contribution < -0.4 is 5.73 Å². The van der Waals surface area contributed by atoms with Gasteiger partial charge in [0.1, 0.15) is 0 Å². The van der Waals surface area contributed by atoms with Crippen LogP contribution >= 0.6 is 11.3 Å². The van der Waals surface area contributed by atoms with E-state index in [4.69, 9.17) is 5.73 Å². The van der Waals surface area contributed by atoms with E-state index in [1.54, 1.807) is 17.4 Å². The number of aryl methyl sites for hydroxylation is 3. The molecule has 2 nitrogen and oxygen atoms in total. The second-order valence-electron chi connectivity index (χ2n) is 8.26. The Bertz CT molecular complexity index is 909. The van der Waals surface area contributed by atoms with E-state index in [0.29, 0.717) is 11.3 Å². The molecule has 25 heavy (non-hydrogen) atoms. The third kappa shape index (κ3) is 2.40. The summed E-state index contributed by atoms with van der Waals surface area (Å²) in [5.74, 6) is 1.55. The maximum absolute atomic E-state index is 12.8. The number of fused-ring (bicyclic) bond motifs is 3. The first-order chi connectivity index (χ1) is 11.7. The molecule has 1 heterocycles. The summed E-state index contributed by atoms with van der Waals surface area (Å²) in [5.41, 5.74) is 13.2. The van der Waals surface area contributed by atoms with Crippen molar-refractivity contribution in [1.82, 2.24) is 0 Å². The molecule has 4 rings (SSSR count). The van der Waals surface area contributed by atoms with Crippen molar-refractivity contribution in [2.75, 3.05) is 5.73 Å². The molecule has 0 saturated heterocycles. The van der Waals surface area contributed by atoms with E-state index in [0.717, 1.165) is 39.6 Å². The molecule has 2 atom stereocenters. The summed E-state index contributed by atoms with van der Waals surface area (Å²) in [6.07, 6.45) is 4.72. The van der Waals surface area contributed by atoms with Crippen LogP contribution in [0.25, 0.3) is 6.08 Å². The van der Waals surface area contributed by atoms with Crippen LogP contribution in [-0.4, -0.2) is 5.78 Å². The second kappa shape index (κ2) is 5.31. The van der Waals surface area contributed by atoms with Crippen molar-refractivity contribution in [2.24, 2.45) is 11.3 Å². The van der Waals surface area contributed by atoms with Crippen LogP contribution in [-0.2, 0) is 6.42 Å². The third-order valence-corrected chi connectivity index (χ3v) is 7.46. The predicted molar refractivity (Wildman–Crippen MR) is 106 cm³/mol. The Morgan fingerprint density at radius 1 is 1.24 bits per heavy atom. The summed E-state index contributed by atoms with van der Waals surface area (Å²) in [6, 6.07) is 4.07. The molecule has 130 valence electrons. The molecule has 2 N–H and O–H groups in total. The van der Waals surface area contributed by atoms with Crippen molar-refractivity contribution in [3.05, 3.63) is 55.8 Å². The minimum absolute atomic E-state index is 0.139. The standard InChI is InChI=1S/C22H25NOS/c1-11-8-14(9-12(2)20(11)23)6-7-17(24)21-15-10-16-19(22(16,4)5)18(15)13(3)25-21/h6-9,16,19H,10,23H2,1-5H3/t16-,19-/m1/s1. The highest BCUT2D eigenvalue weighted by Crippen LogP contribution is 2.71. The van der Waals surface area contributed by atoms with Gasteiger partial charge in [-0.25, -0.2) is 0 Å². The summed E-state index contributed by atoms with van der Waals surface area (Å²) in [6.45, 7) is 10.9. The summed E-state index contributed by atoms with van der Waals surface area (Å²) >= 11 is 1.68. The fraction of sp³-hybridized carbons (Fsp3) is 0.409. The molecular weight excluding hydrogens is 326 g/mol. The van der Waals surface area contributed by atoms with E-state index < -0.39 is 0 Å². The molecule has 1 aromatic heterocycles. The Hall–Kier alpha value is -1.87. The molecule has 0 bridgehead atoms. The topological polar surface area (TPSA) is 43.1 Å². The summed E-state index contributed by atoms with van der Waals surface area (Å²) in [4.78, 5) is 15.1. The van der Waals surface area contributed by atoms with Crippen molar-refractivity contribution >= 4 is 28.9 Å². The number of ketones is 1. The van der Waals surface area contributed by atoms with E-state index in [9.17, 15) is 4.79 Å². The van der Waals surface area contributed by atoms with Crippen LogP contribution in [0.15, 0.2) is 18.2 Å². The van der Waals surface area contributed by atoms with E-state index in [2.05, 4.69) is 20.8 Å². The maximum atomic E-state index is 12.8. The number of hydrogen-bond acceptors (Lipinski definition) is 3. The number of nitrogens with two attached hydrogens (primary N) is 1. The van der Waals surface area contributed by atoms with Gasteiger partial charge in [-0.15, -0.1) is 11.3 Å². The molecule has 1 fully saturated rings. The molecular formula is C22H25NOS. The number of thiophene rings is 1. The van der Waals surface area contributed by atoms with Crippen molar-refractivity contribution in [3.8, 4) is 0 Å². The summed E-state index contributed by atoms with van der Waals surface area (Å²) < 4.78 is 0. The zero-order valence-electron chi connectivity index (χ0n) is 15.6. The molecule has 0 amide bonds. The van der Waals surface area contributed by atoms with E-state index >= 15 is 0 Å². The van der Waals surface area contributed by atoms with Gasteiger partial charge in [0.2, 0.25) is 0 Å². The number of allylic oxidation sites excluding steroid dienone is 1. The zero-order valence-corrected chi connectivity index (χ0v) is 16.4. The molecule has 1 saturated carbocycles. The SMILES string of the molecule is Cc1cc(C=CC(=O)c2sc(C)c3c2C[C@@H]2[C@H]3C2(C)C)cc(C)c1N. The number of hydrogen-bond donors (Lipinski definition) is 1. The lowest BCUT2D eigenvalue weighted by Crippen LogP contribution is -2.03. The van der Waals surface area contributed by atoms with Crippen molar-refractivity contribution in [1.29, 1.82) is 0 Å². The molecule has 2 aliphatic carbocycles. The van der Waals surface area contributed by atoms with Crippen LogP contribution in [0.3, 0.4) is 0 Å². The number of rotatable bonds is 3. The quantitative estimate of drug-likeness (QED) is 0.454. The third-order valence-electron chi connectivity index (χ3n) is 6.29. The molecule has 2 aromatic rings. The Morgan fingerprint density at radius 3 is 2.52 bits per heavy atom. The van der Waals surface area contributed by atoms with Crippen LogP contribution in [0.4, 0.5) is 5.69 Å². The average molecular weight is 352 g/mol. The first kappa shape index (κ1) is 16.6. The van der Waals surface area contributed by atoms with Gasteiger partial charge in [-0.05, 0) is 90.5 Å². The number of carbonyl (C=O) groups excluding carboxylic acids is 1. The van der Waals surface area contributed by atoms with Gasteiger partial charge in [0.05, 0.1) is 4.88 Å². The monoisotopic (exact) mass is 351 g/mol. The fourth-order valence-electron chi connectivity index (χ4n) is 4.68. The van der Waals surface area contributed by atoms with Crippen LogP contribution in [0.5, 0.6) is 0 Å². The second-order valence-corrected chi connectivity index (χ2v) is 9.48. The normalized spacial score (nSPS) is 22.9. The predicted octanol–water partition coefficient (Wildman–Crippen LogP) is 5.45. The molecule has 0 aliphatic heterocycles. The van der Waals surface area contributed by atoms with Crippen LogP contribution in [0.1, 0.15) is 62.1 Å². The van der Waals surface area contributed by atoms with Gasteiger partial charge in [0.15, 0.2) is 5.78 Å². The molecule has 2 aliphatic rings. The van der Waals surface area contributed by atoms with Crippen molar-refractivity contribution in [2.45, 2.75) is 47.0 Å². The summed E-state index contributed by atoms with van der Waals surface area (Å²) in [7, 11) is 0. The lowest BCUT2D eigenvalue weighted by molar-refractivity contribution is 0.105. The van der Waals surface area contributed by atoms with Gasteiger partial charge in [-0.2, -0.15) is 0 Å². The lowest BCUT2D eigenvalue weighted by Gasteiger charge is -2.09. The Kier molecular flexibility index (Phi) is 3.52. The minimum Gasteiger partial charge on any atom is -0.398 e. The van der Waals surface area contributed by atoms with Gasteiger partial charge in [-0.3, -0.25) is 4.79 Å². The number of nitrogen functional groups attached to an aromatic ring is 1. The highest BCUT2D eigenvalue weighted by Gasteiger charge is 2.63. The highest BCUT2D eigenvalue weighted by molar-refractivity contribution is 7.14. The lowest BCUT2D eigenvalue weighted by atomic mass is 9.94. The molecule has 1 aromatic carbocycles. The Morgan fingerprint density at radius 2 is 1.88 bits per heavy atom. The van der Waals surface area contributed by atoms with Crippen molar-refractivity contribution < 1.29 is 4.79 Å². The summed E-state index contributed by atoms with van der Waals surface area (Å²) in [5, 5.41) is 0. The fourth-order valence-corrected chi connectivity index (χ4v) is 5.83. The van der Waals surface area contributed by atoms with E-state index in [1.165, 1.54) is 16.0 Å². The molecule has 0 radical (unpaired) electrons. The van der Waals surface area contributed by atoms with Gasteiger partial charge < -0.3 is 5.73 Å². The number of anilines is 1. The van der Waals surface area contributed by atoms with E-state index in [1.807, 2.05) is 32.1 Å². The average Bonchev–Trinajstić information content (AvgIpc) is 2.90. The first-order valence-electron chi connectivity index (χ1n) is 8.93. The highest BCUT2D eigenvalue weighted by atomic mass is 32.1. The Labute approximate surface area is 153 Å². The van der Waals surface area contributed by atoms with Gasteiger partial charge >= 0.3 is 0 Å². The zero-order chi connectivity index (χ0) is 18.1. The largest absolute Gasteiger partial charge is 0.398 e. The smallest absolute Gasteiger partial charge is 0.196 e. The Balaban J connectivity index is 1.62. The van der Waals surface area contributed by atoms with Gasteiger partial charge in [0, 0.05) is 10.6 Å². The number of carbonyl (C=O) groups is 1. The van der Waals surface area contributed by atoms with Crippen LogP contribution in [0, 0.1) is 32.1 Å². The van der Waals surface area contributed by atoms with E-state index in [-0.39, 0.29) is 5.78 Å². The molecule has 0 unspecified atom stereocenters. The number of benzene rings is 1. The van der Waals surface area contributed by atoms with Gasteiger partial charge in [-0.1, -0.05) is 19.9 Å². The van der Waals surface area contributed by atoms with Crippen molar-refractivity contribution in [3.63, 3.8) is 0 Å². The van der Waals surface area contributed by atoms with Gasteiger partial charge in [0.25, 0.3) is 0 Å². The maximum Gasteiger partial charge on any atom is 0.196 e. The first-order valence-corrected chi connectivity index (χ1v) is 9.74.